The minimum absolute atomic E-state index is 0.0366. The lowest BCUT2D eigenvalue weighted by Gasteiger charge is -2.35. The molecule has 3 atom stereocenters. The SMILES string of the molecule is COC12C(=COC(N)=O)c3c(O)c(N)c(C)c(O)c3N1CC1NC12. The normalized spacial score (nSPS) is 30.9. The van der Waals surface area contributed by atoms with E-state index in [1.54, 1.807) is 6.92 Å². The number of anilines is 2. The molecule has 0 bridgehead atoms. The van der Waals surface area contributed by atoms with Crippen molar-refractivity contribution in [3.8, 4) is 11.5 Å². The molecule has 3 aliphatic rings. The number of primary amides is 1. The van der Waals surface area contributed by atoms with Crippen LogP contribution in [0.1, 0.15) is 11.1 Å². The maximum atomic E-state index is 11.1. The number of aromatic hydroxyl groups is 2. The number of hydrogen-bond donors (Lipinski definition) is 5. The fourth-order valence-corrected chi connectivity index (χ4v) is 3.94. The monoisotopic (exact) mass is 334 g/mol. The highest BCUT2D eigenvalue weighted by molar-refractivity contribution is 6.00. The Balaban J connectivity index is 2.02. The molecule has 3 unspecified atom stereocenters. The van der Waals surface area contributed by atoms with Crippen LogP contribution in [0.4, 0.5) is 16.2 Å². The summed E-state index contributed by atoms with van der Waals surface area (Å²) in [6.07, 6.45) is 0.164. The van der Waals surface area contributed by atoms with E-state index in [0.29, 0.717) is 23.4 Å². The number of nitrogens with two attached hydrogens (primary N) is 2. The molecular weight excluding hydrogens is 316 g/mol. The van der Waals surface area contributed by atoms with Gasteiger partial charge in [-0.3, -0.25) is 0 Å². The van der Waals surface area contributed by atoms with Gasteiger partial charge < -0.3 is 41.4 Å². The predicted octanol–water partition coefficient (Wildman–Crippen LogP) is -0.0587. The van der Waals surface area contributed by atoms with Crippen molar-refractivity contribution in [2.75, 3.05) is 24.3 Å². The van der Waals surface area contributed by atoms with Gasteiger partial charge in [0.2, 0.25) is 0 Å². The molecule has 9 nitrogen and oxygen atoms in total. The Labute approximate surface area is 137 Å². The smallest absolute Gasteiger partial charge is 0.409 e. The number of nitrogens with zero attached hydrogens (tertiary/aromatic N) is 1. The van der Waals surface area contributed by atoms with E-state index in [9.17, 15) is 15.0 Å². The maximum absolute atomic E-state index is 11.1. The molecule has 1 amide bonds. The Morgan fingerprint density at radius 3 is 2.79 bits per heavy atom. The second-order valence-electron chi connectivity index (χ2n) is 6.19. The van der Waals surface area contributed by atoms with E-state index in [4.69, 9.17) is 20.9 Å². The zero-order valence-corrected chi connectivity index (χ0v) is 13.2. The van der Waals surface area contributed by atoms with E-state index >= 15 is 0 Å². The zero-order chi connectivity index (χ0) is 17.4. The second kappa shape index (κ2) is 4.46. The zero-order valence-electron chi connectivity index (χ0n) is 13.2. The molecule has 3 aliphatic heterocycles. The third-order valence-corrected chi connectivity index (χ3v) is 5.13. The average molecular weight is 334 g/mol. The number of methoxy groups -OCH3 is 1. The Morgan fingerprint density at radius 2 is 2.17 bits per heavy atom. The highest BCUT2D eigenvalue weighted by Crippen LogP contribution is 2.62. The van der Waals surface area contributed by atoms with Crippen molar-refractivity contribution < 1.29 is 24.5 Å². The van der Waals surface area contributed by atoms with Gasteiger partial charge in [0.15, 0.2) is 5.72 Å². The Morgan fingerprint density at radius 1 is 1.46 bits per heavy atom. The fourth-order valence-electron chi connectivity index (χ4n) is 3.94. The van der Waals surface area contributed by atoms with Gasteiger partial charge in [0, 0.05) is 25.3 Å². The molecule has 4 rings (SSSR count). The third-order valence-electron chi connectivity index (χ3n) is 5.13. The summed E-state index contributed by atoms with van der Waals surface area (Å²) in [5, 5.41) is 24.5. The summed E-state index contributed by atoms with van der Waals surface area (Å²) in [5.74, 6) is -0.229. The highest BCUT2D eigenvalue weighted by Gasteiger charge is 2.69. The van der Waals surface area contributed by atoms with Crippen molar-refractivity contribution in [2.24, 2.45) is 5.73 Å². The first-order valence-corrected chi connectivity index (χ1v) is 7.44. The summed E-state index contributed by atoms with van der Waals surface area (Å²) in [7, 11) is 1.52. The van der Waals surface area contributed by atoms with Crippen molar-refractivity contribution in [1.82, 2.24) is 5.32 Å². The number of nitrogens with one attached hydrogen (secondary N) is 1. The van der Waals surface area contributed by atoms with Crippen LogP contribution in [0.2, 0.25) is 0 Å². The lowest BCUT2D eigenvalue weighted by molar-refractivity contribution is 0.0498. The minimum Gasteiger partial charge on any atom is -0.505 e. The van der Waals surface area contributed by atoms with Crippen LogP contribution in [0.3, 0.4) is 0 Å². The van der Waals surface area contributed by atoms with Crippen molar-refractivity contribution in [2.45, 2.75) is 24.7 Å². The fraction of sp³-hybridized carbons (Fsp3) is 0.400. The van der Waals surface area contributed by atoms with Crippen LogP contribution in [0.15, 0.2) is 6.26 Å². The number of ether oxygens (including phenoxy) is 2. The molecule has 3 heterocycles. The molecule has 0 aromatic heterocycles. The number of fused-ring (bicyclic) bond motifs is 5. The molecule has 24 heavy (non-hydrogen) atoms. The number of amides is 1. The van der Waals surface area contributed by atoms with E-state index in [-0.39, 0.29) is 34.8 Å². The number of rotatable bonds is 2. The molecule has 1 aromatic carbocycles. The summed E-state index contributed by atoms with van der Waals surface area (Å²) in [4.78, 5) is 12.9. The van der Waals surface area contributed by atoms with Crippen LogP contribution >= 0.6 is 0 Å². The van der Waals surface area contributed by atoms with Gasteiger partial charge in [-0.15, -0.1) is 0 Å². The molecule has 1 aromatic rings. The summed E-state index contributed by atoms with van der Waals surface area (Å²) >= 11 is 0. The molecule has 0 aliphatic carbocycles. The number of carbonyl (C=O) groups excluding carboxylic acids is 1. The van der Waals surface area contributed by atoms with Crippen LogP contribution in [-0.2, 0) is 9.47 Å². The molecule has 7 N–H and O–H groups in total. The van der Waals surface area contributed by atoms with Crippen LogP contribution in [-0.4, -0.2) is 47.8 Å². The Kier molecular flexibility index (Phi) is 2.77. The number of benzene rings is 1. The van der Waals surface area contributed by atoms with Gasteiger partial charge in [0.05, 0.1) is 28.6 Å². The second-order valence-corrected chi connectivity index (χ2v) is 6.19. The summed E-state index contributed by atoms with van der Waals surface area (Å²) < 4.78 is 10.7. The number of phenols is 2. The summed E-state index contributed by atoms with van der Waals surface area (Å²) in [6.45, 7) is 2.19. The number of carbonyl (C=O) groups is 1. The lowest BCUT2D eigenvalue weighted by Crippen LogP contribution is -2.50. The number of piperazine rings is 1. The van der Waals surface area contributed by atoms with Crippen molar-refractivity contribution in [1.29, 1.82) is 0 Å². The van der Waals surface area contributed by atoms with E-state index in [0.717, 1.165) is 6.26 Å². The molecule has 128 valence electrons. The first-order valence-electron chi connectivity index (χ1n) is 7.44. The summed E-state index contributed by atoms with van der Waals surface area (Å²) in [6, 6.07) is 0.104. The minimum atomic E-state index is -1.02. The van der Waals surface area contributed by atoms with E-state index in [1.165, 1.54) is 7.11 Å². The topological polar surface area (TPSA) is 153 Å². The molecule has 9 heteroatoms. The number of hydrogen-bond acceptors (Lipinski definition) is 8. The van der Waals surface area contributed by atoms with E-state index in [1.807, 2.05) is 4.90 Å². The van der Waals surface area contributed by atoms with E-state index < -0.39 is 11.8 Å². The molecule has 0 radical (unpaired) electrons. The van der Waals surface area contributed by atoms with Crippen LogP contribution < -0.4 is 21.7 Å². The molecule has 0 saturated carbocycles. The summed E-state index contributed by atoms with van der Waals surface area (Å²) in [5.41, 5.74) is 11.5. The highest BCUT2D eigenvalue weighted by atomic mass is 16.5. The van der Waals surface area contributed by atoms with Gasteiger partial charge in [-0.25, -0.2) is 4.79 Å². The molecular formula is C15H18N4O5. The van der Waals surface area contributed by atoms with Crippen molar-refractivity contribution in [3.63, 3.8) is 0 Å². The number of nitrogen functional groups attached to an aromatic ring is 1. The standard InChI is InChI=1S/C15H18N4O5/c1-5-9(16)12(21)8-6(4-24-14(17)22)15(23-2)13-7(18-13)3-19(15)10(8)11(5)20/h4,7,13,18,20-21H,3,16H2,1-2H3,(H2,17,22). The number of phenolic OH excluding ortho intramolecular Hbond substituents is 2. The van der Waals surface area contributed by atoms with Gasteiger partial charge in [0.25, 0.3) is 0 Å². The van der Waals surface area contributed by atoms with Gasteiger partial charge >= 0.3 is 6.09 Å². The quantitative estimate of drug-likeness (QED) is 0.166. The van der Waals surface area contributed by atoms with Crippen molar-refractivity contribution in [3.05, 3.63) is 17.4 Å². The Hall–Kier alpha value is -2.65. The maximum Gasteiger partial charge on any atom is 0.409 e. The predicted molar refractivity (Wildman–Crippen MR) is 85.4 cm³/mol. The first-order chi connectivity index (χ1) is 11.3. The van der Waals surface area contributed by atoms with Crippen LogP contribution in [0.25, 0.3) is 5.57 Å². The van der Waals surface area contributed by atoms with Crippen LogP contribution in [0.5, 0.6) is 11.5 Å². The van der Waals surface area contributed by atoms with Gasteiger partial charge in [0.1, 0.15) is 17.8 Å². The Bertz CT molecular complexity index is 808. The van der Waals surface area contributed by atoms with Gasteiger partial charge in [-0.2, -0.15) is 0 Å². The molecule has 2 fully saturated rings. The molecule has 2 saturated heterocycles. The average Bonchev–Trinajstić information content (AvgIpc) is 3.16. The molecule has 0 spiro atoms. The first kappa shape index (κ1) is 14.9. The van der Waals surface area contributed by atoms with Gasteiger partial charge in [-0.05, 0) is 6.92 Å². The van der Waals surface area contributed by atoms with E-state index in [2.05, 4.69) is 5.32 Å². The largest absolute Gasteiger partial charge is 0.505 e. The van der Waals surface area contributed by atoms with Crippen LogP contribution in [0, 0.1) is 6.92 Å². The third kappa shape index (κ3) is 1.53. The van der Waals surface area contributed by atoms with Crippen molar-refractivity contribution >= 4 is 23.0 Å². The lowest BCUT2D eigenvalue weighted by atomic mass is 9.94. The van der Waals surface area contributed by atoms with Gasteiger partial charge in [-0.1, -0.05) is 0 Å².